The first-order valence-electron chi connectivity index (χ1n) is 8.18. The zero-order valence-electron chi connectivity index (χ0n) is 14.2. The molecule has 2 atom stereocenters. The van der Waals surface area contributed by atoms with Crippen molar-refractivity contribution >= 4 is 0 Å². The van der Waals surface area contributed by atoms with Gasteiger partial charge in [-0.2, -0.15) is 0 Å². The molecule has 0 heterocycles. The van der Waals surface area contributed by atoms with E-state index in [-0.39, 0.29) is 11.6 Å². The third kappa shape index (κ3) is 4.69. The van der Waals surface area contributed by atoms with E-state index in [9.17, 15) is 0 Å². The topological polar surface area (TPSA) is 29.3 Å². The van der Waals surface area contributed by atoms with E-state index in [2.05, 4.69) is 63.4 Å². The maximum atomic E-state index is 6.92. The number of hydrogen-bond donors (Lipinski definition) is 1. The van der Waals surface area contributed by atoms with Gasteiger partial charge in [0, 0.05) is 6.04 Å². The lowest BCUT2D eigenvalue weighted by Gasteiger charge is -2.43. The molecule has 21 heavy (non-hydrogen) atoms. The van der Waals surface area contributed by atoms with Crippen LogP contribution >= 0.6 is 0 Å². The van der Waals surface area contributed by atoms with Crippen LogP contribution in [0.15, 0.2) is 42.5 Å². The van der Waals surface area contributed by atoms with Crippen LogP contribution in [-0.4, -0.2) is 24.0 Å². The molecule has 118 valence electrons. The molecule has 0 radical (unpaired) electrons. The highest BCUT2D eigenvalue weighted by molar-refractivity contribution is 5.28. The van der Waals surface area contributed by atoms with E-state index in [0.717, 1.165) is 37.9 Å². The summed E-state index contributed by atoms with van der Waals surface area (Å²) in [5.41, 5.74) is 8.89. The summed E-state index contributed by atoms with van der Waals surface area (Å²) in [5, 5.41) is 0. The summed E-state index contributed by atoms with van der Waals surface area (Å²) in [4.78, 5) is 2.52. The molecule has 0 aromatic heterocycles. The Labute approximate surface area is 131 Å². The Balaban J connectivity index is 3.13. The van der Waals surface area contributed by atoms with E-state index in [4.69, 9.17) is 5.73 Å². The molecule has 2 unspecified atom stereocenters. The molecule has 1 rings (SSSR count). The van der Waals surface area contributed by atoms with E-state index in [0.29, 0.717) is 0 Å². The van der Waals surface area contributed by atoms with Crippen molar-refractivity contribution in [1.82, 2.24) is 4.90 Å². The van der Waals surface area contributed by atoms with Gasteiger partial charge in [-0.25, -0.2) is 0 Å². The van der Waals surface area contributed by atoms with E-state index >= 15 is 0 Å². The van der Waals surface area contributed by atoms with Gasteiger partial charge >= 0.3 is 0 Å². The van der Waals surface area contributed by atoms with Crippen LogP contribution in [0.2, 0.25) is 0 Å². The van der Waals surface area contributed by atoms with Crippen molar-refractivity contribution < 1.29 is 0 Å². The SMILES string of the molecule is C=C(C)CC(N)(c1ccccc1)C(C)N(CCC)CCC. The molecule has 2 heteroatoms. The second-order valence-electron chi connectivity index (χ2n) is 6.25. The smallest absolute Gasteiger partial charge is 0.0601 e. The fourth-order valence-corrected chi connectivity index (χ4v) is 3.14. The predicted molar refractivity (Wildman–Crippen MR) is 93.4 cm³/mol. The van der Waals surface area contributed by atoms with Crippen molar-refractivity contribution in [2.75, 3.05) is 13.1 Å². The van der Waals surface area contributed by atoms with Crippen LogP contribution < -0.4 is 5.73 Å². The molecule has 0 bridgehead atoms. The van der Waals surface area contributed by atoms with Crippen LogP contribution in [0.5, 0.6) is 0 Å². The van der Waals surface area contributed by atoms with Crippen molar-refractivity contribution in [3.8, 4) is 0 Å². The average molecular weight is 288 g/mol. The van der Waals surface area contributed by atoms with Gasteiger partial charge in [-0.15, -0.1) is 6.58 Å². The first kappa shape index (κ1) is 17.9. The Hall–Kier alpha value is -1.12. The number of nitrogens with two attached hydrogens (primary N) is 1. The molecule has 1 aromatic rings. The van der Waals surface area contributed by atoms with Gasteiger partial charge in [0.1, 0.15) is 0 Å². The summed E-state index contributed by atoms with van der Waals surface area (Å²) in [6.45, 7) is 15.1. The summed E-state index contributed by atoms with van der Waals surface area (Å²) >= 11 is 0. The molecule has 0 aliphatic rings. The lowest BCUT2D eigenvalue weighted by atomic mass is 9.78. The van der Waals surface area contributed by atoms with Crippen LogP contribution in [0.1, 0.15) is 52.5 Å². The lowest BCUT2D eigenvalue weighted by Crippen LogP contribution is -2.55. The predicted octanol–water partition coefficient (Wildman–Crippen LogP) is 4.32. The van der Waals surface area contributed by atoms with E-state index in [1.165, 1.54) is 5.56 Å². The number of benzene rings is 1. The molecule has 0 amide bonds. The second kappa shape index (κ2) is 8.35. The Bertz CT molecular complexity index is 420. The maximum Gasteiger partial charge on any atom is 0.0601 e. The monoisotopic (exact) mass is 288 g/mol. The molecule has 1 aromatic carbocycles. The Morgan fingerprint density at radius 2 is 1.71 bits per heavy atom. The van der Waals surface area contributed by atoms with Gasteiger partial charge in [0.2, 0.25) is 0 Å². The largest absolute Gasteiger partial charge is 0.320 e. The third-order valence-electron chi connectivity index (χ3n) is 4.22. The molecule has 0 aliphatic heterocycles. The quantitative estimate of drug-likeness (QED) is 0.686. The minimum Gasteiger partial charge on any atom is -0.320 e. The number of rotatable bonds is 9. The summed E-state index contributed by atoms with van der Waals surface area (Å²) in [7, 11) is 0. The lowest BCUT2D eigenvalue weighted by molar-refractivity contribution is 0.129. The molecule has 0 spiro atoms. The van der Waals surface area contributed by atoms with Crippen molar-refractivity contribution in [2.45, 2.75) is 58.5 Å². The van der Waals surface area contributed by atoms with Crippen LogP contribution in [0.4, 0.5) is 0 Å². The standard InChI is InChI=1S/C19H32N2/c1-6-13-21(14-7-2)17(5)19(20,15-16(3)4)18-11-9-8-10-12-18/h8-12,17H,3,6-7,13-15,20H2,1-2,4-5H3. The Morgan fingerprint density at radius 3 is 2.14 bits per heavy atom. The summed E-state index contributed by atoms with van der Waals surface area (Å²) in [6.07, 6.45) is 3.13. The van der Waals surface area contributed by atoms with Crippen LogP contribution in [0.3, 0.4) is 0 Å². The molecular weight excluding hydrogens is 256 g/mol. The number of hydrogen-bond acceptors (Lipinski definition) is 2. The Kier molecular flexibility index (Phi) is 7.13. The van der Waals surface area contributed by atoms with Gasteiger partial charge < -0.3 is 5.73 Å². The van der Waals surface area contributed by atoms with Gasteiger partial charge in [0.05, 0.1) is 5.54 Å². The molecular formula is C19H32N2. The molecule has 2 N–H and O–H groups in total. The fourth-order valence-electron chi connectivity index (χ4n) is 3.14. The zero-order valence-corrected chi connectivity index (χ0v) is 14.2. The zero-order chi connectivity index (χ0) is 15.9. The molecule has 0 fully saturated rings. The maximum absolute atomic E-state index is 6.92. The van der Waals surface area contributed by atoms with E-state index < -0.39 is 0 Å². The van der Waals surface area contributed by atoms with Gasteiger partial charge in [0.25, 0.3) is 0 Å². The van der Waals surface area contributed by atoms with E-state index in [1.54, 1.807) is 0 Å². The van der Waals surface area contributed by atoms with E-state index in [1.807, 2.05) is 6.07 Å². The van der Waals surface area contributed by atoms with Crippen molar-refractivity contribution in [3.63, 3.8) is 0 Å². The van der Waals surface area contributed by atoms with Crippen molar-refractivity contribution in [3.05, 3.63) is 48.0 Å². The molecule has 0 saturated heterocycles. The Morgan fingerprint density at radius 1 is 1.19 bits per heavy atom. The summed E-state index contributed by atoms with van der Waals surface area (Å²) in [6, 6.07) is 10.8. The first-order valence-corrected chi connectivity index (χ1v) is 8.18. The third-order valence-corrected chi connectivity index (χ3v) is 4.22. The highest BCUT2D eigenvalue weighted by Crippen LogP contribution is 2.32. The van der Waals surface area contributed by atoms with Gasteiger partial charge in [-0.05, 0) is 51.8 Å². The van der Waals surface area contributed by atoms with Crippen LogP contribution in [0, 0.1) is 0 Å². The minimum absolute atomic E-state index is 0.288. The molecule has 2 nitrogen and oxygen atoms in total. The van der Waals surface area contributed by atoms with Gasteiger partial charge in [-0.3, -0.25) is 4.90 Å². The second-order valence-corrected chi connectivity index (χ2v) is 6.25. The fraction of sp³-hybridized carbons (Fsp3) is 0.579. The van der Waals surface area contributed by atoms with Gasteiger partial charge in [-0.1, -0.05) is 49.8 Å². The first-order chi connectivity index (χ1) is 9.95. The van der Waals surface area contributed by atoms with Crippen LogP contribution in [0.25, 0.3) is 0 Å². The minimum atomic E-state index is -0.378. The van der Waals surface area contributed by atoms with Crippen molar-refractivity contribution in [2.24, 2.45) is 5.73 Å². The molecule has 0 aliphatic carbocycles. The number of nitrogens with zero attached hydrogens (tertiary/aromatic N) is 1. The highest BCUT2D eigenvalue weighted by atomic mass is 15.2. The molecule has 0 saturated carbocycles. The van der Waals surface area contributed by atoms with Gasteiger partial charge in [0.15, 0.2) is 0 Å². The highest BCUT2D eigenvalue weighted by Gasteiger charge is 2.36. The van der Waals surface area contributed by atoms with Crippen LogP contribution in [-0.2, 0) is 5.54 Å². The average Bonchev–Trinajstić information content (AvgIpc) is 2.46. The summed E-state index contributed by atoms with van der Waals surface area (Å²) in [5.74, 6) is 0. The normalized spacial score (nSPS) is 15.7. The summed E-state index contributed by atoms with van der Waals surface area (Å²) < 4.78 is 0. The van der Waals surface area contributed by atoms with Crippen molar-refractivity contribution in [1.29, 1.82) is 0 Å².